The van der Waals surface area contributed by atoms with E-state index >= 15 is 4.79 Å². The summed E-state index contributed by atoms with van der Waals surface area (Å²) in [6.45, 7) is 22.0. The summed E-state index contributed by atoms with van der Waals surface area (Å²) < 4.78 is 0. The highest BCUT2D eigenvalue weighted by Gasteiger charge is 2.51. The van der Waals surface area contributed by atoms with E-state index in [2.05, 4.69) is 56.4 Å². The second kappa shape index (κ2) is 13.6. The Morgan fingerprint density at radius 2 is 1.43 bits per heavy atom. The molecule has 0 N–H and O–H groups in total. The van der Waals surface area contributed by atoms with E-state index < -0.39 is 11.5 Å². The quantitative estimate of drug-likeness (QED) is 0.400. The maximum Gasteiger partial charge on any atom is 0.245 e. The lowest BCUT2D eigenvalue weighted by atomic mass is 9.74. The van der Waals surface area contributed by atoms with Crippen molar-refractivity contribution in [3.8, 4) is 0 Å². The third-order valence-corrected chi connectivity index (χ3v) is 11.8. The van der Waals surface area contributed by atoms with E-state index in [1.807, 2.05) is 54.8 Å². The van der Waals surface area contributed by atoms with E-state index in [9.17, 15) is 9.59 Å². The zero-order chi connectivity index (χ0) is 34.5. The number of likely N-dealkylation sites (tertiary alicyclic amines) is 2. The number of likely N-dealkylation sites (N-methyl/N-ethyl adjacent to an activating group) is 1. The number of hydrogen-bond donors (Lipinski definition) is 0. The van der Waals surface area contributed by atoms with Crippen molar-refractivity contribution < 1.29 is 14.4 Å². The van der Waals surface area contributed by atoms with Crippen LogP contribution in [0.1, 0.15) is 99.0 Å². The lowest BCUT2D eigenvalue weighted by molar-refractivity contribution is -0.147. The van der Waals surface area contributed by atoms with Crippen molar-refractivity contribution in [2.24, 2.45) is 16.7 Å². The summed E-state index contributed by atoms with van der Waals surface area (Å²) in [5.74, 6) is -0.0918. The van der Waals surface area contributed by atoms with Crippen LogP contribution in [0.5, 0.6) is 0 Å². The molecule has 0 bridgehead atoms. The highest BCUT2D eigenvalue weighted by molar-refractivity contribution is 6.30. The number of amides is 3. The zero-order valence-corrected chi connectivity index (χ0v) is 31.3. The summed E-state index contributed by atoms with van der Waals surface area (Å²) in [5.41, 5.74) is 0.710. The molecule has 9 heteroatoms. The second-order valence-corrected chi connectivity index (χ2v) is 18.2. The molecule has 1 aromatic rings. The second-order valence-electron chi connectivity index (χ2n) is 17.7. The van der Waals surface area contributed by atoms with E-state index in [1.54, 1.807) is 0 Å². The highest BCUT2D eigenvalue weighted by atomic mass is 35.5. The average molecular weight is 670 g/mol. The standard InChI is InChI=1S/C38H60ClN5O3/c1-36(2,3)35(47)44(28-14-16-38(7,8)17-15-28)29-22-32(34(46)41-20-18-40(9)19-21-41)43(23-29)33(45)31-25-42(37(4,5)6)24-30(31)26-10-12-27(39)13-11-26/h10-13,28-32H,14-25H2,1-9H3/t29-,30-,31+,32-/m0/s1. The Hall–Kier alpha value is -2.16. The van der Waals surface area contributed by atoms with Crippen molar-refractivity contribution in [1.29, 1.82) is 0 Å². The predicted octanol–water partition coefficient (Wildman–Crippen LogP) is 5.74. The van der Waals surface area contributed by atoms with Crippen LogP contribution in [0.15, 0.2) is 24.3 Å². The molecule has 4 fully saturated rings. The Kier molecular flexibility index (Phi) is 10.5. The van der Waals surface area contributed by atoms with E-state index in [-0.39, 0.29) is 52.6 Å². The van der Waals surface area contributed by atoms with Gasteiger partial charge in [-0.3, -0.25) is 19.3 Å². The smallest absolute Gasteiger partial charge is 0.245 e. The molecule has 3 amide bonds. The first-order valence-corrected chi connectivity index (χ1v) is 18.3. The first-order chi connectivity index (χ1) is 21.9. The molecule has 3 heterocycles. The van der Waals surface area contributed by atoms with Gasteiger partial charge in [-0.25, -0.2) is 0 Å². The van der Waals surface area contributed by atoms with Crippen LogP contribution in [0.2, 0.25) is 5.02 Å². The largest absolute Gasteiger partial charge is 0.338 e. The van der Waals surface area contributed by atoms with Gasteiger partial charge in [0.05, 0.1) is 12.0 Å². The molecule has 3 aliphatic heterocycles. The van der Waals surface area contributed by atoms with Crippen molar-refractivity contribution >= 4 is 29.3 Å². The molecule has 0 aromatic heterocycles. The van der Waals surface area contributed by atoms with Gasteiger partial charge in [-0.15, -0.1) is 0 Å². The summed E-state index contributed by atoms with van der Waals surface area (Å²) in [6.07, 6.45) is 4.55. The number of carbonyl (C=O) groups excluding carboxylic acids is 3. The normalized spacial score (nSPS) is 28.1. The molecule has 3 saturated heterocycles. The maximum atomic E-state index is 15.0. The van der Waals surface area contributed by atoms with Crippen molar-refractivity contribution in [3.05, 3.63) is 34.9 Å². The van der Waals surface area contributed by atoms with Crippen molar-refractivity contribution in [2.45, 2.75) is 117 Å². The van der Waals surface area contributed by atoms with Crippen LogP contribution in [0, 0.1) is 16.7 Å². The third kappa shape index (κ3) is 8.02. The van der Waals surface area contributed by atoms with Gasteiger partial charge in [0, 0.05) is 73.7 Å². The number of piperazine rings is 1. The SMILES string of the molecule is CN1CCN(C(=O)[C@@H]2C[C@H](N(C(=O)C(C)(C)C)C3CCC(C)(C)CC3)CN2C(=O)[C@@H]2CN(C(C)(C)C)C[C@H]2c2ccc(Cl)cc2)CC1. The molecule has 0 spiro atoms. The van der Waals surface area contributed by atoms with Crippen LogP contribution in [-0.4, -0.2) is 119 Å². The van der Waals surface area contributed by atoms with Gasteiger partial charge in [0.25, 0.3) is 0 Å². The van der Waals surface area contributed by atoms with Crippen LogP contribution in [0.25, 0.3) is 0 Å². The first-order valence-electron chi connectivity index (χ1n) is 18.0. The number of hydrogen-bond acceptors (Lipinski definition) is 5. The van der Waals surface area contributed by atoms with Crippen LogP contribution in [-0.2, 0) is 14.4 Å². The number of benzene rings is 1. The van der Waals surface area contributed by atoms with Gasteiger partial charge in [0.1, 0.15) is 6.04 Å². The molecular formula is C38H60ClN5O3. The predicted molar refractivity (Wildman–Crippen MR) is 189 cm³/mol. The fourth-order valence-corrected chi connectivity index (χ4v) is 8.40. The van der Waals surface area contributed by atoms with Gasteiger partial charge in [-0.1, -0.05) is 58.4 Å². The molecule has 262 valence electrons. The Morgan fingerprint density at radius 3 is 1.98 bits per heavy atom. The van der Waals surface area contributed by atoms with Crippen LogP contribution < -0.4 is 0 Å². The maximum absolute atomic E-state index is 15.0. The summed E-state index contributed by atoms with van der Waals surface area (Å²) in [7, 11) is 2.09. The molecule has 1 saturated carbocycles. The van der Waals surface area contributed by atoms with Gasteiger partial charge in [-0.2, -0.15) is 0 Å². The van der Waals surface area contributed by atoms with Gasteiger partial charge >= 0.3 is 0 Å². The van der Waals surface area contributed by atoms with Crippen molar-refractivity contribution in [1.82, 2.24) is 24.5 Å². The van der Waals surface area contributed by atoms with Gasteiger partial charge in [0.15, 0.2) is 0 Å². The minimum absolute atomic E-state index is 0.00897. The van der Waals surface area contributed by atoms with Crippen LogP contribution in [0.4, 0.5) is 0 Å². The van der Waals surface area contributed by atoms with E-state index in [0.717, 1.165) is 50.9 Å². The summed E-state index contributed by atoms with van der Waals surface area (Å²) in [6, 6.07) is 7.28. The van der Waals surface area contributed by atoms with Gasteiger partial charge in [-0.05, 0) is 83.0 Å². The fraction of sp³-hybridized carbons (Fsp3) is 0.763. The van der Waals surface area contributed by atoms with E-state index in [1.165, 1.54) is 0 Å². The first kappa shape index (κ1) is 36.1. The molecular weight excluding hydrogens is 610 g/mol. The van der Waals surface area contributed by atoms with E-state index in [4.69, 9.17) is 11.6 Å². The minimum Gasteiger partial charge on any atom is -0.338 e. The monoisotopic (exact) mass is 669 g/mol. The number of nitrogens with zero attached hydrogens (tertiary/aromatic N) is 5. The van der Waals surface area contributed by atoms with E-state index in [0.29, 0.717) is 37.6 Å². The molecule has 8 nitrogen and oxygen atoms in total. The zero-order valence-electron chi connectivity index (χ0n) is 30.5. The van der Waals surface area contributed by atoms with Crippen LogP contribution in [0.3, 0.4) is 0 Å². The lowest BCUT2D eigenvalue weighted by Crippen LogP contribution is -2.54. The van der Waals surface area contributed by atoms with Crippen molar-refractivity contribution in [2.75, 3.05) is 52.9 Å². The molecule has 47 heavy (non-hydrogen) atoms. The number of halogens is 1. The summed E-state index contributed by atoms with van der Waals surface area (Å²) in [5, 5.41) is 0.678. The molecule has 0 radical (unpaired) electrons. The number of carbonyl (C=O) groups is 3. The molecule has 1 aliphatic carbocycles. The van der Waals surface area contributed by atoms with Crippen LogP contribution >= 0.6 is 11.6 Å². The molecule has 4 aliphatic rings. The summed E-state index contributed by atoms with van der Waals surface area (Å²) >= 11 is 6.28. The minimum atomic E-state index is -0.569. The molecule has 5 rings (SSSR count). The summed E-state index contributed by atoms with van der Waals surface area (Å²) in [4.78, 5) is 54.4. The Bertz CT molecular complexity index is 1280. The Morgan fingerprint density at radius 1 is 0.830 bits per heavy atom. The van der Waals surface area contributed by atoms with Gasteiger partial charge < -0.3 is 19.6 Å². The third-order valence-electron chi connectivity index (χ3n) is 11.5. The van der Waals surface area contributed by atoms with Crippen molar-refractivity contribution in [3.63, 3.8) is 0 Å². The number of rotatable bonds is 5. The lowest BCUT2D eigenvalue weighted by Gasteiger charge is -2.45. The molecule has 4 atom stereocenters. The topological polar surface area (TPSA) is 67.4 Å². The highest BCUT2D eigenvalue weighted by Crippen LogP contribution is 2.42. The average Bonchev–Trinajstić information content (AvgIpc) is 3.64. The molecule has 0 unspecified atom stereocenters. The fourth-order valence-electron chi connectivity index (χ4n) is 8.27. The Balaban J connectivity index is 1.49. The molecule has 1 aromatic carbocycles. The Labute approximate surface area is 289 Å². The van der Waals surface area contributed by atoms with Gasteiger partial charge in [0.2, 0.25) is 17.7 Å².